The third kappa shape index (κ3) is 10.9. The van der Waals surface area contributed by atoms with E-state index < -0.39 is 29.2 Å². The minimum Gasteiger partial charge on any atom is -0.443 e. The Morgan fingerprint density at radius 2 is 1.24 bits per heavy atom. The molecule has 34 heavy (non-hydrogen) atoms. The molecule has 0 spiro atoms. The third-order valence-corrected chi connectivity index (χ3v) is 4.86. The van der Waals surface area contributed by atoms with E-state index in [1.54, 1.807) is 47.6 Å². The van der Waals surface area contributed by atoms with E-state index in [1.165, 1.54) is 12.3 Å². The zero-order valence-corrected chi connectivity index (χ0v) is 23.4. The standard InChI is InChI=1S/C16H22BrFN2O4.C7H7BrFN/c1-15(2,3)23-13(21)20(14(22)24-16(4,5)6)9-10-7-11(17)12(18)8-19-10;1-2-5-3-6(8)7(9)4-10-5/h7-8H,9H2,1-6H3;3-4H,2H2,1H3. The molecular weight excluding hydrogens is 580 g/mol. The molecule has 11 heteroatoms. The summed E-state index contributed by atoms with van der Waals surface area (Å²) >= 11 is 6.11. The molecule has 0 aromatic carbocycles. The summed E-state index contributed by atoms with van der Waals surface area (Å²) in [6.07, 6.45) is 1.34. The highest BCUT2D eigenvalue weighted by Gasteiger charge is 2.31. The molecular formula is C23H29Br2F2N3O4. The number of hydrogen-bond donors (Lipinski definition) is 0. The van der Waals surface area contributed by atoms with Gasteiger partial charge in [-0.2, -0.15) is 0 Å². The van der Waals surface area contributed by atoms with Crippen LogP contribution in [0.5, 0.6) is 0 Å². The van der Waals surface area contributed by atoms with Gasteiger partial charge in [-0.25, -0.2) is 23.3 Å². The lowest BCUT2D eigenvalue weighted by Crippen LogP contribution is -2.43. The summed E-state index contributed by atoms with van der Waals surface area (Å²) in [5, 5.41) is 0. The predicted octanol–water partition coefficient (Wildman–Crippen LogP) is 7.20. The van der Waals surface area contributed by atoms with Gasteiger partial charge >= 0.3 is 12.2 Å². The molecule has 0 aliphatic carbocycles. The van der Waals surface area contributed by atoms with Crippen molar-refractivity contribution in [2.24, 2.45) is 0 Å². The van der Waals surface area contributed by atoms with Gasteiger partial charge in [0.15, 0.2) is 11.6 Å². The maximum Gasteiger partial charge on any atom is 0.420 e. The Morgan fingerprint density at radius 1 is 0.853 bits per heavy atom. The van der Waals surface area contributed by atoms with Crippen molar-refractivity contribution in [2.45, 2.75) is 72.6 Å². The third-order valence-electron chi connectivity index (χ3n) is 3.64. The fourth-order valence-corrected chi connectivity index (χ4v) is 2.92. The number of carbonyl (C=O) groups excluding carboxylic acids is 2. The average molecular weight is 609 g/mol. The smallest absolute Gasteiger partial charge is 0.420 e. The lowest BCUT2D eigenvalue weighted by molar-refractivity contribution is -0.000485. The van der Waals surface area contributed by atoms with E-state index in [2.05, 4.69) is 41.8 Å². The van der Waals surface area contributed by atoms with Gasteiger partial charge < -0.3 is 9.47 Å². The lowest BCUT2D eigenvalue weighted by Gasteiger charge is -2.28. The highest BCUT2D eigenvalue weighted by molar-refractivity contribution is 9.10. The molecule has 2 rings (SSSR count). The number of rotatable bonds is 3. The Labute approximate surface area is 215 Å². The summed E-state index contributed by atoms with van der Waals surface area (Å²) in [5.74, 6) is -0.850. The fourth-order valence-electron chi connectivity index (χ4n) is 2.19. The molecule has 2 amide bonds. The number of hydrogen-bond acceptors (Lipinski definition) is 6. The highest BCUT2D eigenvalue weighted by atomic mass is 79.9. The number of halogens is 4. The van der Waals surface area contributed by atoms with Crippen LogP contribution < -0.4 is 0 Å². The Balaban J connectivity index is 0.000000479. The van der Waals surface area contributed by atoms with E-state index in [0.29, 0.717) is 10.2 Å². The minimum absolute atomic E-state index is 0.181. The van der Waals surface area contributed by atoms with Crippen LogP contribution in [0.1, 0.15) is 59.9 Å². The molecule has 2 aromatic heterocycles. The summed E-state index contributed by atoms with van der Waals surface area (Å²) in [6, 6.07) is 3.08. The molecule has 2 aromatic rings. The number of ether oxygens (including phenoxy) is 2. The summed E-state index contributed by atoms with van der Waals surface area (Å²) in [4.78, 5) is 33.2. The van der Waals surface area contributed by atoms with Crippen LogP contribution in [0.25, 0.3) is 0 Å². The summed E-state index contributed by atoms with van der Waals surface area (Å²) in [7, 11) is 0. The monoisotopic (exact) mass is 607 g/mol. The molecule has 0 N–H and O–H groups in total. The normalized spacial score (nSPS) is 11.3. The molecule has 188 valence electrons. The molecule has 0 atom stereocenters. The molecule has 0 fully saturated rings. The van der Waals surface area contributed by atoms with Gasteiger partial charge in [0.05, 0.1) is 33.6 Å². The van der Waals surface area contributed by atoms with E-state index in [4.69, 9.17) is 9.47 Å². The maximum absolute atomic E-state index is 13.3. The van der Waals surface area contributed by atoms with Crippen LogP contribution in [-0.2, 0) is 22.4 Å². The highest BCUT2D eigenvalue weighted by Crippen LogP contribution is 2.19. The van der Waals surface area contributed by atoms with E-state index in [1.807, 2.05) is 6.92 Å². The Hall–Kier alpha value is -2.14. The topological polar surface area (TPSA) is 81.6 Å². The Bertz CT molecular complexity index is 981. The van der Waals surface area contributed by atoms with Crippen LogP contribution in [0.2, 0.25) is 0 Å². The van der Waals surface area contributed by atoms with Gasteiger partial charge in [0.1, 0.15) is 11.2 Å². The zero-order valence-electron chi connectivity index (χ0n) is 20.2. The first-order valence-corrected chi connectivity index (χ1v) is 11.9. The van der Waals surface area contributed by atoms with Gasteiger partial charge in [0.25, 0.3) is 0 Å². The quantitative estimate of drug-likeness (QED) is 0.366. The fraction of sp³-hybridized carbons (Fsp3) is 0.478. The number of amides is 2. The van der Waals surface area contributed by atoms with Crippen LogP contribution in [0.15, 0.2) is 33.5 Å². The molecule has 0 radical (unpaired) electrons. The number of nitrogens with zero attached hydrogens (tertiary/aromatic N) is 3. The maximum atomic E-state index is 13.3. The van der Waals surface area contributed by atoms with Crippen molar-refractivity contribution >= 4 is 44.0 Å². The predicted molar refractivity (Wildman–Crippen MR) is 131 cm³/mol. The lowest BCUT2D eigenvalue weighted by atomic mass is 10.2. The first kappa shape index (κ1) is 29.9. The van der Waals surface area contributed by atoms with Crippen molar-refractivity contribution in [3.05, 3.63) is 56.5 Å². The molecule has 2 heterocycles. The van der Waals surface area contributed by atoms with Gasteiger partial charge in [-0.05, 0) is 92.0 Å². The van der Waals surface area contributed by atoms with E-state index in [9.17, 15) is 18.4 Å². The van der Waals surface area contributed by atoms with Gasteiger partial charge in [0, 0.05) is 5.69 Å². The van der Waals surface area contributed by atoms with Crippen molar-refractivity contribution in [1.82, 2.24) is 14.9 Å². The van der Waals surface area contributed by atoms with Crippen LogP contribution in [0, 0.1) is 11.6 Å². The van der Waals surface area contributed by atoms with Crippen molar-refractivity contribution in [3.8, 4) is 0 Å². The molecule has 0 aliphatic rings. The average Bonchev–Trinajstić information content (AvgIpc) is 2.68. The van der Waals surface area contributed by atoms with Crippen LogP contribution in [0.4, 0.5) is 18.4 Å². The SMILES string of the molecule is CC(C)(C)OC(=O)N(Cc1cc(Br)c(F)cn1)C(=O)OC(C)(C)C.CCc1cc(Br)c(F)cn1. The summed E-state index contributed by atoms with van der Waals surface area (Å²) in [6.45, 7) is 11.9. The second kappa shape index (κ2) is 12.5. The van der Waals surface area contributed by atoms with E-state index in [0.717, 1.165) is 23.2 Å². The van der Waals surface area contributed by atoms with Gasteiger partial charge in [0.2, 0.25) is 0 Å². The van der Waals surface area contributed by atoms with Gasteiger partial charge in [-0.3, -0.25) is 9.97 Å². The first-order valence-electron chi connectivity index (χ1n) is 10.4. The minimum atomic E-state index is -0.862. The van der Waals surface area contributed by atoms with Crippen molar-refractivity contribution in [3.63, 3.8) is 0 Å². The van der Waals surface area contributed by atoms with Crippen LogP contribution >= 0.6 is 31.9 Å². The molecule has 7 nitrogen and oxygen atoms in total. The number of aryl methyl sites for hydroxylation is 1. The molecule has 0 aliphatic heterocycles. The Morgan fingerprint density at radius 3 is 1.59 bits per heavy atom. The Kier molecular flexibility index (Phi) is 11.0. The van der Waals surface area contributed by atoms with Crippen LogP contribution in [0.3, 0.4) is 0 Å². The van der Waals surface area contributed by atoms with Gasteiger partial charge in [-0.1, -0.05) is 6.92 Å². The summed E-state index contributed by atoms with van der Waals surface area (Å²) < 4.78 is 37.0. The molecule has 0 unspecified atom stereocenters. The number of aromatic nitrogens is 2. The van der Waals surface area contributed by atoms with E-state index in [-0.39, 0.29) is 16.8 Å². The number of carbonyl (C=O) groups is 2. The van der Waals surface area contributed by atoms with Crippen molar-refractivity contribution in [2.75, 3.05) is 0 Å². The zero-order chi connectivity index (χ0) is 26.3. The van der Waals surface area contributed by atoms with E-state index >= 15 is 0 Å². The molecule has 0 saturated heterocycles. The molecule has 0 saturated carbocycles. The number of imide groups is 1. The summed E-state index contributed by atoms with van der Waals surface area (Å²) in [5.41, 5.74) is -0.365. The second-order valence-electron chi connectivity index (χ2n) is 9.08. The van der Waals surface area contributed by atoms with Gasteiger partial charge in [-0.15, -0.1) is 0 Å². The van der Waals surface area contributed by atoms with Crippen molar-refractivity contribution < 1.29 is 27.8 Å². The van der Waals surface area contributed by atoms with Crippen LogP contribution in [-0.4, -0.2) is 38.3 Å². The van der Waals surface area contributed by atoms with Crippen molar-refractivity contribution in [1.29, 1.82) is 0 Å². The largest absolute Gasteiger partial charge is 0.443 e. The first-order chi connectivity index (χ1) is 15.5. The molecule has 0 bridgehead atoms. The second-order valence-corrected chi connectivity index (χ2v) is 10.8. The number of pyridine rings is 2.